The van der Waals surface area contributed by atoms with Gasteiger partial charge in [0.25, 0.3) is 11.6 Å². The second kappa shape index (κ2) is 12.7. The summed E-state index contributed by atoms with van der Waals surface area (Å²) in [4.78, 5) is 35.9. The normalized spacial score (nSPS) is 11.7. The maximum atomic E-state index is 12.9. The first-order valence-corrected chi connectivity index (χ1v) is 12.8. The van der Waals surface area contributed by atoms with Gasteiger partial charge in [-0.3, -0.25) is 19.7 Å². The molecule has 0 bridgehead atoms. The van der Waals surface area contributed by atoms with E-state index in [1.165, 1.54) is 18.2 Å². The van der Waals surface area contributed by atoms with E-state index in [9.17, 15) is 19.7 Å². The van der Waals surface area contributed by atoms with Crippen molar-refractivity contribution in [2.75, 3.05) is 11.1 Å². The van der Waals surface area contributed by atoms with E-state index >= 15 is 0 Å². The summed E-state index contributed by atoms with van der Waals surface area (Å²) < 4.78 is 1.77. The fourth-order valence-corrected chi connectivity index (χ4v) is 4.51. The van der Waals surface area contributed by atoms with Crippen LogP contribution in [0.1, 0.15) is 36.1 Å². The highest BCUT2D eigenvalue weighted by Gasteiger charge is 2.27. The van der Waals surface area contributed by atoms with Crippen LogP contribution in [0, 0.1) is 16.0 Å². The van der Waals surface area contributed by atoms with Crippen molar-refractivity contribution in [2.24, 2.45) is 5.92 Å². The van der Waals surface area contributed by atoms with Crippen LogP contribution in [0.4, 0.5) is 11.4 Å². The molecule has 1 unspecified atom stereocenters. The molecule has 0 aliphatic heterocycles. The van der Waals surface area contributed by atoms with Crippen molar-refractivity contribution in [2.45, 2.75) is 31.6 Å². The second-order valence-corrected chi connectivity index (χ2v) is 9.93. The number of hydrogen-bond donors (Lipinski definition) is 2. The number of non-ortho nitro benzene ring substituents is 1. The first-order chi connectivity index (χ1) is 17.6. The third-order valence-electron chi connectivity index (χ3n) is 5.17. The van der Waals surface area contributed by atoms with E-state index < -0.39 is 16.9 Å². The van der Waals surface area contributed by atoms with E-state index in [-0.39, 0.29) is 34.0 Å². The summed E-state index contributed by atoms with van der Waals surface area (Å²) in [6.07, 6.45) is 1.66. The highest BCUT2D eigenvalue weighted by Crippen LogP contribution is 2.29. The Labute approximate surface area is 227 Å². The SMILES string of the molecule is C=CCn1c(SCC(=O)Nc2cc([N+](=O)[O-])ccc2Cl)nnc1C(NC(=O)c1ccccc1Cl)C(C)C. The number of anilines is 1. The van der Waals surface area contributed by atoms with Crippen LogP contribution in [0.15, 0.2) is 60.3 Å². The minimum Gasteiger partial charge on any atom is -0.342 e. The molecule has 0 aliphatic carbocycles. The smallest absolute Gasteiger partial charge is 0.271 e. The van der Waals surface area contributed by atoms with Gasteiger partial charge >= 0.3 is 0 Å². The van der Waals surface area contributed by atoms with Crippen molar-refractivity contribution in [3.8, 4) is 0 Å². The van der Waals surface area contributed by atoms with E-state index in [0.29, 0.717) is 28.1 Å². The number of halogens is 2. The van der Waals surface area contributed by atoms with Crippen LogP contribution in [0.25, 0.3) is 0 Å². The summed E-state index contributed by atoms with van der Waals surface area (Å²) in [7, 11) is 0. The van der Waals surface area contributed by atoms with Gasteiger partial charge in [-0.2, -0.15) is 0 Å². The Bertz CT molecular complexity index is 1330. The summed E-state index contributed by atoms with van der Waals surface area (Å²) in [5, 5.41) is 26.1. The average molecular weight is 563 g/mol. The Morgan fingerprint density at radius 1 is 1.19 bits per heavy atom. The van der Waals surface area contributed by atoms with Gasteiger partial charge in [0.05, 0.1) is 38.0 Å². The Morgan fingerprint density at radius 2 is 1.92 bits per heavy atom. The number of carbonyl (C=O) groups excluding carboxylic acids is 2. The number of nitro benzene ring substituents is 1. The fraction of sp³-hybridized carbons (Fsp3) is 0.250. The van der Waals surface area contributed by atoms with Gasteiger partial charge < -0.3 is 15.2 Å². The first-order valence-electron chi connectivity index (χ1n) is 11.1. The molecule has 1 aromatic heterocycles. The van der Waals surface area contributed by atoms with E-state index in [1.54, 1.807) is 34.9 Å². The van der Waals surface area contributed by atoms with Gasteiger partial charge in [0.15, 0.2) is 11.0 Å². The Morgan fingerprint density at radius 3 is 2.57 bits per heavy atom. The molecule has 0 radical (unpaired) electrons. The van der Waals surface area contributed by atoms with Gasteiger partial charge in [-0.1, -0.05) is 67.0 Å². The van der Waals surface area contributed by atoms with Crippen molar-refractivity contribution in [3.63, 3.8) is 0 Å². The number of carbonyl (C=O) groups is 2. The molecule has 2 N–H and O–H groups in total. The number of rotatable bonds is 11. The van der Waals surface area contributed by atoms with Crippen molar-refractivity contribution in [1.29, 1.82) is 0 Å². The van der Waals surface area contributed by atoms with Gasteiger partial charge in [0.2, 0.25) is 5.91 Å². The Kier molecular flexibility index (Phi) is 9.67. The van der Waals surface area contributed by atoms with Crippen LogP contribution in [0.2, 0.25) is 10.0 Å². The summed E-state index contributed by atoms with van der Waals surface area (Å²) >= 11 is 13.4. The molecule has 2 amide bonds. The van der Waals surface area contributed by atoms with Crippen LogP contribution >= 0.6 is 35.0 Å². The molecule has 3 aromatic rings. The number of aromatic nitrogens is 3. The molecule has 194 valence electrons. The minimum atomic E-state index is -0.574. The summed E-state index contributed by atoms with van der Waals surface area (Å²) in [5.41, 5.74) is 0.286. The highest BCUT2D eigenvalue weighted by atomic mass is 35.5. The van der Waals surface area contributed by atoms with Crippen LogP contribution in [0.3, 0.4) is 0 Å². The predicted molar refractivity (Wildman–Crippen MR) is 144 cm³/mol. The molecule has 0 spiro atoms. The van der Waals surface area contributed by atoms with Crippen molar-refractivity contribution < 1.29 is 14.5 Å². The molecular formula is C24H24Cl2N6O4S. The molecule has 3 rings (SSSR count). The van der Waals surface area contributed by atoms with E-state index in [1.807, 2.05) is 13.8 Å². The lowest BCUT2D eigenvalue weighted by Crippen LogP contribution is -2.34. The third kappa shape index (κ3) is 7.09. The number of hydrogen-bond acceptors (Lipinski definition) is 7. The fourth-order valence-electron chi connectivity index (χ4n) is 3.37. The van der Waals surface area contributed by atoms with Gasteiger partial charge in [-0.15, -0.1) is 16.8 Å². The molecule has 37 heavy (non-hydrogen) atoms. The van der Waals surface area contributed by atoms with Gasteiger partial charge in [0, 0.05) is 18.7 Å². The Balaban J connectivity index is 1.77. The summed E-state index contributed by atoms with van der Waals surface area (Å²) in [5.74, 6) is -0.391. The molecule has 0 saturated heterocycles. The summed E-state index contributed by atoms with van der Waals surface area (Å²) in [6, 6.07) is 10.0. The quantitative estimate of drug-likeness (QED) is 0.136. The molecule has 0 saturated carbocycles. The van der Waals surface area contributed by atoms with Crippen molar-refractivity contribution in [1.82, 2.24) is 20.1 Å². The van der Waals surface area contributed by atoms with Gasteiger partial charge in [-0.05, 0) is 24.1 Å². The Hall–Kier alpha value is -3.41. The molecule has 1 atom stereocenters. The predicted octanol–water partition coefficient (Wildman–Crippen LogP) is 5.54. The topological polar surface area (TPSA) is 132 Å². The zero-order valence-corrected chi connectivity index (χ0v) is 22.3. The van der Waals surface area contributed by atoms with Crippen LogP contribution in [-0.4, -0.2) is 37.3 Å². The molecule has 13 heteroatoms. The number of thioether (sulfide) groups is 1. The maximum Gasteiger partial charge on any atom is 0.271 e. The average Bonchev–Trinajstić information content (AvgIpc) is 3.24. The standard InChI is InChI=1S/C24H24Cl2N6O4S/c1-4-11-31-22(21(14(2)3)28-23(34)16-7-5-6-8-17(16)25)29-30-24(31)37-13-20(33)27-19-12-15(32(35)36)9-10-18(19)26/h4-10,12,14,21H,1,11,13H2,2-3H3,(H,27,33)(H,28,34). The van der Waals surface area contributed by atoms with E-state index in [2.05, 4.69) is 27.4 Å². The lowest BCUT2D eigenvalue weighted by Gasteiger charge is -2.23. The van der Waals surface area contributed by atoms with Crippen LogP contribution in [0.5, 0.6) is 0 Å². The van der Waals surface area contributed by atoms with Crippen molar-refractivity contribution in [3.05, 3.63) is 86.7 Å². The lowest BCUT2D eigenvalue weighted by molar-refractivity contribution is -0.384. The molecule has 1 heterocycles. The molecule has 10 nitrogen and oxygen atoms in total. The number of nitro groups is 1. The number of nitrogens with zero attached hydrogens (tertiary/aromatic N) is 4. The monoisotopic (exact) mass is 562 g/mol. The van der Waals surface area contributed by atoms with Crippen molar-refractivity contribution >= 4 is 58.2 Å². The lowest BCUT2D eigenvalue weighted by atomic mass is 10.0. The van der Waals surface area contributed by atoms with Gasteiger partial charge in [-0.25, -0.2) is 0 Å². The number of benzene rings is 2. The third-order valence-corrected chi connectivity index (χ3v) is 6.80. The maximum absolute atomic E-state index is 12.9. The largest absolute Gasteiger partial charge is 0.342 e. The molecular weight excluding hydrogens is 539 g/mol. The zero-order chi connectivity index (χ0) is 27.1. The van der Waals surface area contributed by atoms with Crippen LogP contribution in [-0.2, 0) is 11.3 Å². The van der Waals surface area contributed by atoms with E-state index in [0.717, 1.165) is 11.8 Å². The highest BCUT2D eigenvalue weighted by molar-refractivity contribution is 7.99. The molecule has 0 aliphatic rings. The number of nitrogens with one attached hydrogen (secondary N) is 2. The van der Waals surface area contributed by atoms with Gasteiger partial charge in [0.1, 0.15) is 0 Å². The number of amides is 2. The minimum absolute atomic E-state index is 0.0450. The number of allylic oxidation sites excluding steroid dienone is 1. The molecule has 0 fully saturated rings. The molecule has 2 aromatic carbocycles. The van der Waals surface area contributed by atoms with E-state index in [4.69, 9.17) is 23.2 Å². The first kappa shape index (κ1) is 28.2. The second-order valence-electron chi connectivity index (χ2n) is 8.17. The van der Waals surface area contributed by atoms with Crippen LogP contribution < -0.4 is 10.6 Å². The summed E-state index contributed by atoms with van der Waals surface area (Å²) in [6.45, 7) is 8.00. The zero-order valence-electron chi connectivity index (χ0n) is 20.0.